The summed E-state index contributed by atoms with van der Waals surface area (Å²) >= 11 is 1.39. The number of amides is 1. The lowest BCUT2D eigenvalue weighted by Gasteiger charge is -2.18. The van der Waals surface area contributed by atoms with E-state index in [1.54, 1.807) is 18.3 Å². The number of ether oxygens (including phenoxy) is 2. The van der Waals surface area contributed by atoms with Crippen LogP contribution >= 0.6 is 11.3 Å². The SMILES string of the molecule is CC1(C)Cc2cccc(OCc3ccc(C(=O)Nc4nccs4)cc3)c2O1. The first-order valence-electron chi connectivity index (χ1n) is 8.74. The fourth-order valence-corrected chi connectivity index (χ4v) is 3.59. The van der Waals surface area contributed by atoms with Crippen LogP contribution in [0.3, 0.4) is 0 Å². The van der Waals surface area contributed by atoms with E-state index >= 15 is 0 Å². The van der Waals surface area contributed by atoms with Gasteiger partial charge in [0.15, 0.2) is 16.6 Å². The van der Waals surface area contributed by atoms with Gasteiger partial charge in [-0.25, -0.2) is 4.98 Å². The average Bonchev–Trinajstić information content (AvgIpc) is 3.26. The van der Waals surface area contributed by atoms with Crippen LogP contribution in [-0.4, -0.2) is 16.5 Å². The molecule has 0 aliphatic carbocycles. The summed E-state index contributed by atoms with van der Waals surface area (Å²) in [5.41, 5.74) is 2.54. The Balaban J connectivity index is 1.40. The van der Waals surface area contributed by atoms with Gasteiger partial charge in [-0.1, -0.05) is 24.3 Å². The molecule has 3 aromatic rings. The van der Waals surface area contributed by atoms with Crippen molar-refractivity contribution in [3.63, 3.8) is 0 Å². The normalized spacial score (nSPS) is 14.3. The molecule has 0 atom stereocenters. The number of carbonyl (C=O) groups is 1. The van der Waals surface area contributed by atoms with Gasteiger partial charge in [0, 0.05) is 29.1 Å². The van der Waals surface area contributed by atoms with Gasteiger partial charge < -0.3 is 9.47 Å². The van der Waals surface area contributed by atoms with Crippen molar-refractivity contribution in [2.75, 3.05) is 5.32 Å². The summed E-state index contributed by atoms with van der Waals surface area (Å²) in [5.74, 6) is 1.42. The molecular weight excluding hydrogens is 360 g/mol. The molecule has 6 heteroatoms. The third kappa shape index (κ3) is 3.95. The van der Waals surface area contributed by atoms with E-state index in [1.807, 2.05) is 29.6 Å². The second-order valence-electron chi connectivity index (χ2n) is 7.06. The third-order valence-corrected chi connectivity index (χ3v) is 5.01. The maximum atomic E-state index is 12.2. The smallest absolute Gasteiger partial charge is 0.257 e. The predicted molar refractivity (Wildman–Crippen MR) is 106 cm³/mol. The number of benzene rings is 2. The zero-order valence-corrected chi connectivity index (χ0v) is 16.0. The van der Waals surface area contributed by atoms with Gasteiger partial charge >= 0.3 is 0 Å². The Morgan fingerprint density at radius 2 is 2.07 bits per heavy atom. The molecule has 0 saturated carbocycles. The van der Waals surface area contributed by atoms with Crippen LogP contribution in [0.25, 0.3) is 0 Å². The quantitative estimate of drug-likeness (QED) is 0.698. The molecule has 27 heavy (non-hydrogen) atoms. The molecule has 1 aliphatic rings. The predicted octanol–water partition coefficient (Wildman–Crippen LogP) is 4.69. The summed E-state index contributed by atoms with van der Waals surface area (Å²) in [7, 11) is 0. The highest BCUT2D eigenvalue weighted by Gasteiger charge is 2.32. The van der Waals surface area contributed by atoms with Crippen molar-refractivity contribution in [2.24, 2.45) is 0 Å². The molecule has 0 radical (unpaired) electrons. The summed E-state index contributed by atoms with van der Waals surface area (Å²) in [6.07, 6.45) is 2.54. The Morgan fingerprint density at radius 1 is 1.26 bits per heavy atom. The summed E-state index contributed by atoms with van der Waals surface area (Å²) < 4.78 is 12.0. The Labute approximate surface area is 162 Å². The van der Waals surface area contributed by atoms with Crippen LogP contribution in [0.4, 0.5) is 5.13 Å². The Kier molecular flexibility index (Phi) is 4.58. The van der Waals surface area contributed by atoms with Crippen LogP contribution in [0.5, 0.6) is 11.5 Å². The third-order valence-electron chi connectivity index (χ3n) is 4.32. The first kappa shape index (κ1) is 17.5. The van der Waals surface area contributed by atoms with Crippen LogP contribution in [0.2, 0.25) is 0 Å². The van der Waals surface area contributed by atoms with Gasteiger partial charge in [-0.2, -0.15) is 0 Å². The minimum absolute atomic E-state index is 0.172. The van der Waals surface area contributed by atoms with Crippen LogP contribution in [0.1, 0.15) is 35.3 Å². The second-order valence-corrected chi connectivity index (χ2v) is 7.95. The van der Waals surface area contributed by atoms with Crippen molar-refractivity contribution in [1.29, 1.82) is 0 Å². The lowest BCUT2D eigenvalue weighted by Crippen LogP contribution is -2.24. The number of nitrogens with one attached hydrogen (secondary N) is 1. The fraction of sp³-hybridized carbons (Fsp3) is 0.238. The van der Waals surface area contributed by atoms with Gasteiger partial charge in [0.25, 0.3) is 5.91 Å². The molecule has 1 N–H and O–H groups in total. The van der Waals surface area contributed by atoms with E-state index in [-0.39, 0.29) is 11.5 Å². The van der Waals surface area contributed by atoms with E-state index in [9.17, 15) is 4.79 Å². The Hall–Kier alpha value is -2.86. The minimum Gasteiger partial charge on any atom is -0.485 e. The monoisotopic (exact) mass is 380 g/mol. The van der Waals surface area contributed by atoms with E-state index in [1.165, 1.54) is 16.9 Å². The lowest BCUT2D eigenvalue weighted by atomic mass is 10.0. The van der Waals surface area contributed by atoms with Gasteiger partial charge in [0.1, 0.15) is 12.2 Å². The topological polar surface area (TPSA) is 60.5 Å². The Morgan fingerprint density at radius 3 is 2.81 bits per heavy atom. The number of rotatable bonds is 5. The molecule has 138 valence electrons. The number of para-hydroxylation sites is 1. The standard InChI is InChI=1S/C21H20N2O3S/c1-21(2)12-16-4-3-5-17(18(16)26-21)25-13-14-6-8-15(9-7-14)19(24)23-20-22-10-11-27-20/h3-11H,12-13H2,1-2H3,(H,22,23,24). The molecule has 1 aliphatic heterocycles. The first-order valence-corrected chi connectivity index (χ1v) is 9.62. The molecule has 5 nitrogen and oxygen atoms in total. The number of hydrogen-bond acceptors (Lipinski definition) is 5. The van der Waals surface area contributed by atoms with Crippen molar-refractivity contribution >= 4 is 22.4 Å². The van der Waals surface area contributed by atoms with Crippen molar-refractivity contribution in [1.82, 2.24) is 4.98 Å². The van der Waals surface area contributed by atoms with E-state index in [0.717, 1.165) is 23.5 Å². The van der Waals surface area contributed by atoms with E-state index < -0.39 is 0 Å². The largest absolute Gasteiger partial charge is 0.485 e. The van der Waals surface area contributed by atoms with E-state index in [4.69, 9.17) is 9.47 Å². The van der Waals surface area contributed by atoms with Gasteiger partial charge in [0.2, 0.25) is 0 Å². The highest BCUT2D eigenvalue weighted by molar-refractivity contribution is 7.13. The molecule has 1 aromatic heterocycles. The van der Waals surface area contributed by atoms with Gasteiger partial charge in [-0.3, -0.25) is 10.1 Å². The van der Waals surface area contributed by atoms with Crippen LogP contribution in [0.15, 0.2) is 54.0 Å². The van der Waals surface area contributed by atoms with Crippen LogP contribution in [-0.2, 0) is 13.0 Å². The average molecular weight is 380 g/mol. The van der Waals surface area contributed by atoms with Gasteiger partial charge in [-0.05, 0) is 37.6 Å². The lowest BCUT2D eigenvalue weighted by molar-refractivity contribution is 0.102. The van der Waals surface area contributed by atoms with E-state index in [0.29, 0.717) is 17.3 Å². The summed E-state index contributed by atoms with van der Waals surface area (Å²) in [5, 5.41) is 5.18. The highest BCUT2D eigenvalue weighted by Crippen LogP contribution is 2.41. The highest BCUT2D eigenvalue weighted by atomic mass is 32.1. The number of nitrogens with zero attached hydrogens (tertiary/aromatic N) is 1. The molecule has 0 unspecified atom stereocenters. The zero-order chi connectivity index (χ0) is 18.9. The fourth-order valence-electron chi connectivity index (χ4n) is 3.07. The molecule has 0 bridgehead atoms. The van der Waals surface area contributed by atoms with Crippen molar-refractivity contribution in [2.45, 2.75) is 32.5 Å². The molecule has 2 heterocycles. The van der Waals surface area contributed by atoms with Crippen molar-refractivity contribution in [3.05, 3.63) is 70.7 Å². The van der Waals surface area contributed by atoms with E-state index in [2.05, 4.69) is 30.2 Å². The molecule has 0 fully saturated rings. The molecule has 0 saturated heterocycles. The Bertz CT molecular complexity index is 950. The second kappa shape index (κ2) is 7.04. The van der Waals surface area contributed by atoms with Crippen molar-refractivity contribution in [3.8, 4) is 11.5 Å². The minimum atomic E-state index is -0.200. The summed E-state index contributed by atoms with van der Waals surface area (Å²) in [6, 6.07) is 13.4. The van der Waals surface area contributed by atoms with Crippen LogP contribution in [0, 0.1) is 0 Å². The number of carbonyl (C=O) groups excluding carboxylic acids is 1. The molecule has 1 amide bonds. The summed E-state index contributed by atoms with van der Waals surface area (Å²) in [4.78, 5) is 16.3. The van der Waals surface area contributed by atoms with Crippen LogP contribution < -0.4 is 14.8 Å². The molecular formula is C21H20N2O3S. The molecule has 0 spiro atoms. The van der Waals surface area contributed by atoms with Gasteiger partial charge in [0.05, 0.1) is 0 Å². The number of fused-ring (bicyclic) bond motifs is 1. The molecule has 2 aromatic carbocycles. The zero-order valence-electron chi connectivity index (χ0n) is 15.2. The maximum absolute atomic E-state index is 12.2. The first-order chi connectivity index (χ1) is 13.0. The number of anilines is 1. The molecule has 4 rings (SSSR count). The van der Waals surface area contributed by atoms with Crippen molar-refractivity contribution < 1.29 is 14.3 Å². The number of aromatic nitrogens is 1. The number of thiazole rings is 1. The van der Waals surface area contributed by atoms with Gasteiger partial charge in [-0.15, -0.1) is 11.3 Å². The summed E-state index contributed by atoms with van der Waals surface area (Å²) in [6.45, 7) is 4.56. The number of hydrogen-bond donors (Lipinski definition) is 1. The maximum Gasteiger partial charge on any atom is 0.257 e.